The molecule has 90 heavy (non-hydrogen) atoms. The predicted octanol–water partition coefficient (Wildman–Crippen LogP) is 9.70. The van der Waals surface area contributed by atoms with Crippen molar-refractivity contribution in [2.45, 2.75) is 0 Å². The van der Waals surface area contributed by atoms with E-state index in [4.69, 9.17) is 28.4 Å². The number of hydrogen-bond donors (Lipinski definition) is 0. The van der Waals surface area contributed by atoms with Crippen molar-refractivity contribution in [2.24, 2.45) is 0 Å². The molecule has 0 atom stereocenters. The zero-order valence-corrected chi connectivity index (χ0v) is 49.2. The SMILES string of the molecule is COC(=O)c1ccc(-c2cc3c(cc2-c2ccc(C(=O)OC)cc2)=C=C=C=C=c2cc(-c4ccc(C(=O)OC)cc4)c(-c4ccc(C(=O)OC)cc4)cc2=C=C=C=C=c2cc(-c4ccc(C(=O)OC)cc4)c(-c4ccc(C(=O)OC)cc4)cc2=C=C=C=C=3)cc1. The predicted molar refractivity (Wildman–Crippen MR) is 339 cm³/mol. The first kappa shape index (κ1) is 60.3. The fourth-order valence-corrected chi connectivity index (χ4v) is 9.87. The third-order valence-corrected chi connectivity index (χ3v) is 14.5. The molecule has 0 aromatic heterocycles. The van der Waals surface area contributed by atoms with Crippen LogP contribution in [-0.2, 0) is 28.4 Å². The first-order chi connectivity index (χ1) is 43.8. The molecule has 0 fully saturated rings. The van der Waals surface area contributed by atoms with Crippen molar-refractivity contribution in [3.63, 3.8) is 0 Å². The lowest BCUT2D eigenvalue weighted by Crippen LogP contribution is -2.23. The molecule has 9 aromatic carbocycles. The highest BCUT2D eigenvalue weighted by Gasteiger charge is 2.17. The lowest BCUT2D eigenvalue weighted by molar-refractivity contribution is 0.0592. The number of methoxy groups -OCH3 is 6. The lowest BCUT2D eigenvalue weighted by atomic mass is 9.92. The normalized spacial score (nSPS) is 10.6. The van der Waals surface area contributed by atoms with Crippen LogP contribution in [-0.4, -0.2) is 78.5 Å². The highest BCUT2D eigenvalue weighted by molar-refractivity contribution is 5.96. The molecule has 0 aliphatic heterocycles. The van der Waals surface area contributed by atoms with Crippen molar-refractivity contribution >= 4 is 70.2 Å². The Kier molecular flexibility index (Phi) is 18.4. The van der Waals surface area contributed by atoms with E-state index in [2.05, 4.69) is 68.8 Å². The van der Waals surface area contributed by atoms with Gasteiger partial charge in [0.15, 0.2) is 0 Å². The third-order valence-electron chi connectivity index (χ3n) is 14.5. The molecule has 0 saturated heterocycles. The number of fused-ring (bicyclic) bond motifs is 3. The van der Waals surface area contributed by atoms with Crippen LogP contribution in [0.25, 0.3) is 101 Å². The fourth-order valence-electron chi connectivity index (χ4n) is 9.87. The van der Waals surface area contributed by atoms with Crippen LogP contribution >= 0.6 is 0 Å². The van der Waals surface area contributed by atoms with E-state index in [1.165, 1.54) is 42.7 Å². The topological polar surface area (TPSA) is 158 Å². The molecule has 0 amide bonds. The Labute approximate surface area is 515 Å². The molecule has 0 spiro atoms. The number of benzene rings is 9. The molecule has 12 heteroatoms. The fraction of sp³-hybridized carbons (Fsp3) is 0.0769. The van der Waals surface area contributed by atoms with Crippen molar-refractivity contribution in [1.29, 1.82) is 0 Å². The van der Waals surface area contributed by atoms with Gasteiger partial charge >= 0.3 is 35.8 Å². The molecule has 0 radical (unpaired) electrons. The Bertz CT molecular complexity index is 4410. The zero-order valence-electron chi connectivity index (χ0n) is 49.2. The van der Waals surface area contributed by atoms with Crippen molar-refractivity contribution in [2.75, 3.05) is 42.7 Å². The third kappa shape index (κ3) is 13.3. The summed E-state index contributed by atoms with van der Waals surface area (Å²) >= 11 is 0. The van der Waals surface area contributed by atoms with Gasteiger partial charge in [-0.3, -0.25) is 0 Å². The molecule has 432 valence electrons. The standard InChI is InChI=1S/C78H48O12/c1-85-73(79)55-31-19-49(20-32-55)67-43-61-13-7-8-15-63-45-69(51-23-35-57(36-24-51)75(81)87-3)71(53-27-39-59(40-28-53)77(83)89-5)47-65(63)17-11-12-18-66-48-72(54-29-41-60(42-30-54)78(84)90-6)70(52-25-37-58(38-26-52)76(82)88-4)46-64(66)16-10-9-14-62(61)44-68(67)50-21-33-56(34-22-50)74(80)86-2/h19-48H,1-6H3. The molecular formula is C78H48O12. The molecule has 0 unspecified atom stereocenters. The van der Waals surface area contributed by atoms with Crippen LogP contribution in [0.5, 0.6) is 0 Å². The van der Waals surface area contributed by atoms with Crippen LogP contribution in [0.4, 0.5) is 0 Å². The van der Waals surface area contributed by atoms with Gasteiger partial charge in [-0.15, -0.1) is 0 Å². The first-order valence-corrected chi connectivity index (χ1v) is 27.5. The largest absolute Gasteiger partial charge is 0.465 e. The van der Waals surface area contributed by atoms with E-state index < -0.39 is 35.8 Å². The number of carbonyl (C=O) groups is 6. The van der Waals surface area contributed by atoms with Gasteiger partial charge in [-0.1, -0.05) is 107 Å². The molecule has 0 saturated carbocycles. The summed E-state index contributed by atoms with van der Waals surface area (Å²) in [5.74, 6) is -3.02. The van der Waals surface area contributed by atoms with Crippen LogP contribution < -0.4 is 31.3 Å². The van der Waals surface area contributed by atoms with Crippen LogP contribution in [0, 0.1) is 0 Å². The van der Waals surface area contributed by atoms with E-state index in [-0.39, 0.29) is 0 Å². The molecule has 1 aliphatic rings. The van der Waals surface area contributed by atoms with E-state index >= 15 is 0 Å². The minimum Gasteiger partial charge on any atom is -0.465 e. The number of hydrogen-bond acceptors (Lipinski definition) is 12. The summed E-state index contributed by atoms with van der Waals surface area (Å²) < 4.78 is 30.0. The highest BCUT2D eigenvalue weighted by Crippen LogP contribution is 2.34. The maximum Gasteiger partial charge on any atom is 0.337 e. The van der Waals surface area contributed by atoms with E-state index in [1.54, 1.807) is 146 Å². The van der Waals surface area contributed by atoms with Gasteiger partial charge in [-0.25, -0.2) is 28.8 Å². The number of ether oxygens (including phenoxy) is 6. The zero-order chi connectivity index (χ0) is 63.3. The second-order valence-electron chi connectivity index (χ2n) is 19.7. The van der Waals surface area contributed by atoms with Gasteiger partial charge in [0, 0.05) is 31.3 Å². The average Bonchev–Trinajstić information content (AvgIpc) is 0.854. The second-order valence-corrected chi connectivity index (χ2v) is 19.7. The summed E-state index contributed by atoms with van der Waals surface area (Å²) in [7, 11) is 7.88. The Hall–Kier alpha value is -12.8. The summed E-state index contributed by atoms with van der Waals surface area (Å²) in [5.41, 5.74) is 48.7. The molecule has 12 nitrogen and oxygen atoms in total. The monoisotopic (exact) mass is 1180 g/mol. The molecule has 0 N–H and O–H groups in total. The maximum atomic E-state index is 12.6. The second kappa shape index (κ2) is 27.5. The molecule has 0 bridgehead atoms. The minimum atomic E-state index is -0.503. The van der Waals surface area contributed by atoms with Gasteiger partial charge < -0.3 is 28.4 Å². The van der Waals surface area contributed by atoms with Gasteiger partial charge in [-0.05, 0) is 210 Å². The maximum absolute atomic E-state index is 12.6. The Morgan fingerprint density at radius 1 is 0.211 bits per heavy atom. The van der Waals surface area contributed by atoms with Gasteiger partial charge in [0.1, 0.15) is 0 Å². The molecule has 10 rings (SSSR count). The molecule has 9 aromatic rings. The summed E-state index contributed by atoms with van der Waals surface area (Å²) in [5, 5.41) is 2.86. The summed E-state index contributed by atoms with van der Waals surface area (Å²) in [6.45, 7) is 0. The number of esters is 6. The highest BCUT2D eigenvalue weighted by atomic mass is 16.5. The molecular weight excluding hydrogens is 1130 g/mol. The summed E-state index contributed by atoms with van der Waals surface area (Å²) in [6, 6.07) is 52.9. The van der Waals surface area contributed by atoms with E-state index in [9.17, 15) is 28.8 Å². The van der Waals surface area contributed by atoms with E-state index in [1.807, 2.05) is 36.4 Å². The van der Waals surface area contributed by atoms with E-state index in [0.717, 1.165) is 33.4 Å². The van der Waals surface area contributed by atoms with E-state index in [0.29, 0.717) is 98.1 Å². The van der Waals surface area contributed by atoms with Crippen LogP contribution in [0.3, 0.4) is 0 Å². The van der Waals surface area contributed by atoms with Crippen molar-refractivity contribution < 1.29 is 57.2 Å². The summed E-state index contributed by atoms with van der Waals surface area (Å²) in [6.07, 6.45) is 0. The number of carbonyl (C=O) groups excluding carboxylic acids is 6. The molecule has 0 heterocycles. The van der Waals surface area contributed by atoms with Crippen molar-refractivity contribution in [3.05, 3.63) is 281 Å². The smallest absolute Gasteiger partial charge is 0.337 e. The van der Waals surface area contributed by atoms with Crippen LogP contribution in [0.15, 0.2) is 216 Å². The first-order valence-electron chi connectivity index (χ1n) is 27.5. The van der Waals surface area contributed by atoms with Gasteiger partial charge in [0.25, 0.3) is 0 Å². The Morgan fingerprint density at radius 3 is 0.444 bits per heavy atom. The van der Waals surface area contributed by atoms with Gasteiger partial charge in [-0.2, -0.15) is 0 Å². The number of rotatable bonds is 12. The molecule has 1 aliphatic carbocycles. The Morgan fingerprint density at radius 2 is 0.333 bits per heavy atom. The van der Waals surface area contributed by atoms with Crippen molar-refractivity contribution in [1.82, 2.24) is 0 Å². The quantitative estimate of drug-likeness (QED) is 0.0649. The average molecular weight is 1180 g/mol. The van der Waals surface area contributed by atoms with Crippen LogP contribution in [0.1, 0.15) is 62.1 Å². The summed E-state index contributed by atoms with van der Waals surface area (Å²) in [4.78, 5) is 75.7. The van der Waals surface area contributed by atoms with Gasteiger partial charge in [0.05, 0.1) is 76.0 Å². The van der Waals surface area contributed by atoms with Gasteiger partial charge in [0.2, 0.25) is 0 Å². The van der Waals surface area contributed by atoms with Crippen LogP contribution in [0.2, 0.25) is 0 Å². The lowest BCUT2D eigenvalue weighted by Gasteiger charge is -2.12. The minimum absolute atomic E-state index is 0.345. The Balaban J connectivity index is 1.40. The van der Waals surface area contributed by atoms with Crippen molar-refractivity contribution in [3.8, 4) is 66.8 Å².